The maximum Gasteiger partial charge on any atom is 0.336 e. The van der Waals surface area contributed by atoms with Crippen LogP contribution in [0.1, 0.15) is 31.8 Å². The molecule has 0 spiro atoms. The number of nitro groups is 1. The molecule has 2 amide bonds. The monoisotopic (exact) mass is 568 g/mol. The van der Waals surface area contributed by atoms with Gasteiger partial charge in [0.25, 0.3) is 17.5 Å². The maximum atomic E-state index is 12.6. The Kier molecular flexibility index (Phi) is 9.32. The molecule has 0 aromatic heterocycles. The predicted octanol–water partition coefficient (Wildman–Crippen LogP) is 5.88. The van der Waals surface area contributed by atoms with E-state index in [1.165, 1.54) is 48.7 Å². The van der Waals surface area contributed by atoms with Crippen molar-refractivity contribution in [1.29, 1.82) is 0 Å². The fraction of sp³-hybridized carbons (Fsp3) is 0. The van der Waals surface area contributed by atoms with Crippen LogP contribution in [0, 0.1) is 10.1 Å². The zero-order valence-electron chi connectivity index (χ0n) is 21.2. The molecule has 204 valence electrons. The molecule has 0 unspecified atom stereocenters. The molecule has 0 saturated heterocycles. The average molecular weight is 569 g/mol. The third kappa shape index (κ3) is 8.19. The lowest BCUT2D eigenvalue weighted by Gasteiger charge is -2.07. The maximum absolute atomic E-state index is 12.6. The minimum atomic E-state index is -0.675. The van der Waals surface area contributed by atoms with Gasteiger partial charge < -0.3 is 10.1 Å². The number of halogens is 1. The molecule has 0 atom stereocenters. The van der Waals surface area contributed by atoms with E-state index in [1.54, 1.807) is 66.7 Å². The van der Waals surface area contributed by atoms with Gasteiger partial charge in [0, 0.05) is 45.6 Å². The van der Waals surface area contributed by atoms with Gasteiger partial charge in [0.05, 0.1) is 11.1 Å². The molecule has 4 aromatic carbocycles. The summed E-state index contributed by atoms with van der Waals surface area (Å²) in [5.74, 6) is -1.35. The number of anilines is 1. The van der Waals surface area contributed by atoms with Gasteiger partial charge in [-0.15, -0.1) is 0 Å². The van der Waals surface area contributed by atoms with Crippen molar-refractivity contribution in [2.45, 2.75) is 0 Å². The van der Waals surface area contributed by atoms with Gasteiger partial charge in [0.2, 0.25) is 0 Å². The molecule has 0 fully saturated rings. The van der Waals surface area contributed by atoms with E-state index in [-0.39, 0.29) is 22.9 Å². The Morgan fingerprint density at radius 3 is 2.32 bits per heavy atom. The average Bonchev–Trinajstić information content (AvgIpc) is 2.97. The van der Waals surface area contributed by atoms with E-state index in [9.17, 15) is 24.5 Å². The van der Waals surface area contributed by atoms with Crippen LogP contribution in [0.15, 0.2) is 108 Å². The number of nitro benzene ring substituents is 1. The summed E-state index contributed by atoms with van der Waals surface area (Å²) in [5, 5.41) is 18.0. The number of hydrazone groups is 1. The third-order valence-electron chi connectivity index (χ3n) is 5.50. The first-order valence-corrected chi connectivity index (χ1v) is 12.4. The van der Waals surface area contributed by atoms with Gasteiger partial charge in [0.1, 0.15) is 5.75 Å². The van der Waals surface area contributed by atoms with E-state index in [4.69, 9.17) is 16.3 Å². The highest BCUT2D eigenvalue weighted by Gasteiger charge is 2.10. The summed E-state index contributed by atoms with van der Waals surface area (Å²) in [5.41, 5.74) is 4.44. The summed E-state index contributed by atoms with van der Waals surface area (Å²) in [6.07, 6.45) is 3.98. The number of rotatable bonds is 9. The molecular formula is C30H21ClN4O6. The van der Waals surface area contributed by atoms with Gasteiger partial charge in [-0.25, -0.2) is 10.2 Å². The summed E-state index contributed by atoms with van der Waals surface area (Å²) in [6.45, 7) is 0. The number of carbonyl (C=O) groups is 3. The minimum Gasteiger partial charge on any atom is -0.423 e. The molecule has 0 bridgehead atoms. The van der Waals surface area contributed by atoms with Crippen molar-refractivity contribution in [3.05, 3.63) is 141 Å². The van der Waals surface area contributed by atoms with E-state index in [2.05, 4.69) is 15.8 Å². The number of benzene rings is 4. The highest BCUT2D eigenvalue weighted by Crippen LogP contribution is 2.18. The number of hydrogen-bond acceptors (Lipinski definition) is 7. The van der Waals surface area contributed by atoms with Crippen LogP contribution in [-0.4, -0.2) is 28.9 Å². The molecule has 2 N–H and O–H groups in total. The first kappa shape index (κ1) is 28.4. The second-order valence-electron chi connectivity index (χ2n) is 8.38. The molecule has 0 saturated carbocycles. The van der Waals surface area contributed by atoms with Crippen LogP contribution in [-0.2, 0) is 4.79 Å². The topological polar surface area (TPSA) is 140 Å². The minimum absolute atomic E-state index is 0.0568. The third-order valence-corrected chi connectivity index (χ3v) is 5.76. The van der Waals surface area contributed by atoms with Crippen molar-refractivity contribution in [1.82, 2.24) is 5.43 Å². The van der Waals surface area contributed by atoms with Gasteiger partial charge in [-0.2, -0.15) is 5.10 Å². The molecule has 0 heterocycles. The van der Waals surface area contributed by atoms with E-state index < -0.39 is 16.8 Å². The Morgan fingerprint density at radius 1 is 0.854 bits per heavy atom. The molecule has 10 nitrogen and oxygen atoms in total. The Bertz CT molecular complexity index is 1650. The van der Waals surface area contributed by atoms with E-state index >= 15 is 0 Å². The predicted molar refractivity (Wildman–Crippen MR) is 155 cm³/mol. The lowest BCUT2D eigenvalue weighted by atomic mass is 10.1. The zero-order valence-corrected chi connectivity index (χ0v) is 21.9. The molecule has 4 rings (SSSR count). The quantitative estimate of drug-likeness (QED) is 0.0645. The smallest absolute Gasteiger partial charge is 0.336 e. The van der Waals surface area contributed by atoms with Gasteiger partial charge in [-0.1, -0.05) is 29.8 Å². The second-order valence-corrected chi connectivity index (χ2v) is 8.82. The van der Waals surface area contributed by atoms with Crippen LogP contribution in [0.4, 0.5) is 11.4 Å². The Morgan fingerprint density at radius 2 is 1.59 bits per heavy atom. The summed E-state index contributed by atoms with van der Waals surface area (Å²) < 4.78 is 5.38. The molecule has 0 aliphatic carbocycles. The van der Waals surface area contributed by atoms with Crippen molar-refractivity contribution in [3.63, 3.8) is 0 Å². The molecule has 11 heteroatoms. The summed E-state index contributed by atoms with van der Waals surface area (Å²) >= 11 is 5.86. The normalized spacial score (nSPS) is 10.9. The van der Waals surface area contributed by atoms with Crippen molar-refractivity contribution >= 4 is 53.0 Å². The molecule has 0 radical (unpaired) electrons. The van der Waals surface area contributed by atoms with Gasteiger partial charge in [0.15, 0.2) is 0 Å². The number of non-ortho nitro benzene ring substituents is 1. The van der Waals surface area contributed by atoms with Crippen molar-refractivity contribution in [2.24, 2.45) is 5.10 Å². The lowest BCUT2D eigenvalue weighted by Crippen LogP contribution is -2.18. The first-order valence-electron chi connectivity index (χ1n) is 12.0. The van der Waals surface area contributed by atoms with E-state index in [1.807, 2.05) is 0 Å². The van der Waals surface area contributed by atoms with Crippen LogP contribution < -0.4 is 15.5 Å². The lowest BCUT2D eigenvalue weighted by molar-refractivity contribution is -0.384. The number of amides is 2. The highest BCUT2D eigenvalue weighted by atomic mass is 35.5. The zero-order chi connectivity index (χ0) is 29.2. The fourth-order valence-corrected chi connectivity index (χ4v) is 3.59. The number of ether oxygens (including phenoxy) is 1. The number of hydrogen-bond donors (Lipinski definition) is 2. The Hall–Kier alpha value is -5.61. The number of nitrogens with zero attached hydrogens (tertiary/aromatic N) is 2. The SMILES string of the molecule is O=C(/C=C/c1ccc([N+](=O)[O-])cc1)Oc1ccccc1C=NNC(=O)c1cccc(NC(=O)c2ccc(Cl)cc2)c1. The summed E-state index contributed by atoms with van der Waals surface area (Å²) in [4.78, 5) is 47.7. The second kappa shape index (κ2) is 13.5. The first-order chi connectivity index (χ1) is 19.8. The largest absolute Gasteiger partial charge is 0.423 e. The van der Waals surface area contributed by atoms with Crippen molar-refractivity contribution < 1.29 is 24.0 Å². The molecule has 0 aliphatic heterocycles. The van der Waals surface area contributed by atoms with Crippen molar-refractivity contribution in [3.8, 4) is 5.75 Å². The number of nitrogens with one attached hydrogen (secondary N) is 2. The number of carbonyl (C=O) groups excluding carboxylic acids is 3. The highest BCUT2D eigenvalue weighted by molar-refractivity contribution is 6.30. The van der Waals surface area contributed by atoms with Crippen LogP contribution in [0.5, 0.6) is 5.75 Å². The Labute approximate surface area is 239 Å². The summed E-state index contributed by atoms with van der Waals surface area (Å²) in [7, 11) is 0. The molecule has 0 aliphatic rings. The van der Waals surface area contributed by atoms with Crippen LogP contribution in [0.3, 0.4) is 0 Å². The fourth-order valence-electron chi connectivity index (χ4n) is 3.46. The summed E-state index contributed by atoms with van der Waals surface area (Å²) in [6, 6.07) is 25.0. The van der Waals surface area contributed by atoms with Crippen LogP contribution >= 0.6 is 11.6 Å². The Balaban J connectivity index is 1.35. The van der Waals surface area contributed by atoms with Crippen LogP contribution in [0.25, 0.3) is 6.08 Å². The number of para-hydroxylation sites is 1. The van der Waals surface area contributed by atoms with Gasteiger partial charge in [-0.3, -0.25) is 19.7 Å². The van der Waals surface area contributed by atoms with E-state index in [0.717, 1.165) is 0 Å². The van der Waals surface area contributed by atoms with E-state index in [0.29, 0.717) is 27.4 Å². The van der Waals surface area contributed by atoms with Crippen LogP contribution in [0.2, 0.25) is 5.02 Å². The molecule has 41 heavy (non-hydrogen) atoms. The van der Waals surface area contributed by atoms with Gasteiger partial charge in [-0.05, 0) is 78.4 Å². The number of esters is 1. The molecule has 4 aromatic rings. The van der Waals surface area contributed by atoms with Crippen molar-refractivity contribution in [2.75, 3.05) is 5.32 Å². The standard InChI is InChI=1S/C30H21ClN4O6/c31-24-13-11-21(12-14-24)29(37)33-25-6-3-5-22(18-25)30(38)34-32-19-23-4-1-2-7-27(23)41-28(36)17-10-20-8-15-26(16-9-20)35(39)40/h1-19H,(H,33,37)(H,34,38)/b17-10+,32-19?. The molecular weight excluding hydrogens is 548 g/mol. The van der Waals surface area contributed by atoms with Gasteiger partial charge >= 0.3 is 5.97 Å².